The van der Waals surface area contributed by atoms with Crippen LogP contribution >= 0.6 is 0 Å². The van der Waals surface area contributed by atoms with Gasteiger partial charge in [-0.2, -0.15) is 0 Å². The molecule has 0 aliphatic carbocycles. The number of carbonyl (C=O) groups excluding carboxylic acids is 1. The van der Waals surface area contributed by atoms with Crippen LogP contribution in [-0.4, -0.2) is 20.1 Å². The molecule has 17 heavy (non-hydrogen) atoms. The largest absolute Gasteiger partial charge is 0.549 e. The van der Waals surface area contributed by atoms with Gasteiger partial charge in [0.2, 0.25) is 0 Å². The molecule has 0 radical (unpaired) electrons. The zero-order chi connectivity index (χ0) is 12.5. The number of rotatable bonds is 3. The minimum absolute atomic E-state index is 0.0276. The Morgan fingerprint density at radius 3 is 2.41 bits per heavy atom. The summed E-state index contributed by atoms with van der Waals surface area (Å²) in [4.78, 5) is 10.5. The first-order valence-corrected chi connectivity index (χ1v) is 6.56. The number of hydrogen-bond donors (Lipinski definition) is 0. The highest BCUT2D eigenvalue weighted by Crippen LogP contribution is 2.23. The summed E-state index contributed by atoms with van der Waals surface area (Å²) in [6.07, 6.45) is 0. The molecule has 2 rings (SSSR count). The molecular formula is C12H9O4S-. The molecule has 0 heterocycles. The lowest BCUT2D eigenvalue weighted by Gasteiger charge is -2.08. The second-order valence-corrected chi connectivity index (χ2v) is 5.57. The molecule has 5 heteroatoms. The monoisotopic (exact) mass is 249 g/mol. The number of benzene rings is 2. The van der Waals surface area contributed by atoms with Gasteiger partial charge >= 0.3 is 0 Å². The van der Waals surface area contributed by atoms with Crippen molar-refractivity contribution in [3.05, 3.63) is 42.5 Å². The van der Waals surface area contributed by atoms with Crippen molar-refractivity contribution in [1.82, 2.24) is 0 Å². The first kappa shape index (κ1) is 11.6. The summed E-state index contributed by atoms with van der Waals surface area (Å²) in [7, 11) is -3.85. The van der Waals surface area contributed by atoms with Crippen molar-refractivity contribution in [2.24, 2.45) is 0 Å². The van der Waals surface area contributed by atoms with Crippen molar-refractivity contribution < 1.29 is 18.3 Å². The molecule has 0 aliphatic rings. The van der Waals surface area contributed by atoms with Crippen molar-refractivity contribution in [1.29, 1.82) is 0 Å². The number of carboxylic acids is 1. The van der Waals surface area contributed by atoms with Crippen molar-refractivity contribution in [2.45, 2.75) is 4.90 Å². The molecule has 0 amide bonds. The maximum absolute atomic E-state index is 11.8. The van der Waals surface area contributed by atoms with Crippen LogP contribution < -0.4 is 5.11 Å². The normalized spacial score (nSPS) is 11.5. The first-order valence-electron chi connectivity index (χ1n) is 4.91. The summed E-state index contributed by atoms with van der Waals surface area (Å²) in [6.45, 7) is 0. The van der Waals surface area contributed by atoms with Gasteiger partial charge in [-0.1, -0.05) is 36.4 Å². The van der Waals surface area contributed by atoms with Gasteiger partial charge in [0.1, 0.15) is 0 Å². The fourth-order valence-corrected chi connectivity index (χ4v) is 2.97. The van der Waals surface area contributed by atoms with Crippen LogP contribution in [0.4, 0.5) is 0 Å². The molecule has 0 aliphatic heterocycles. The zero-order valence-corrected chi connectivity index (χ0v) is 9.61. The maximum atomic E-state index is 11.8. The van der Waals surface area contributed by atoms with E-state index in [0.717, 1.165) is 5.39 Å². The van der Waals surface area contributed by atoms with E-state index in [4.69, 9.17) is 0 Å². The van der Waals surface area contributed by atoms with E-state index >= 15 is 0 Å². The van der Waals surface area contributed by atoms with Crippen molar-refractivity contribution in [3.8, 4) is 0 Å². The van der Waals surface area contributed by atoms with Crippen molar-refractivity contribution in [2.75, 3.05) is 5.75 Å². The summed E-state index contributed by atoms with van der Waals surface area (Å²) in [5.41, 5.74) is 0. The van der Waals surface area contributed by atoms with Gasteiger partial charge in [-0.05, 0) is 11.5 Å². The predicted molar refractivity (Wildman–Crippen MR) is 61.0 cm³/mol. The summed E-state index contributed by atoms with van der Waals surface area (Å²) in [5, 5.41) is 11.7. The van der Waals surface area contributed by atoms with Gasteiger partial charge in [0.15, 0.2) is 9.84 Å². The SMILES string of the molecule is O=C([O-])CS(=O)(=O)c1cccc2ccccc12. The second kappa shape index (κ2) is 4.18. The average Bonchev–Trinajstić information content (AvgIpc) is 2.26. The van der Waals surface area contributed by atoms with E-state index in [9.17, 15) is 18.3 Å². The lowest BCUT2D eigenvalue weighted by atomic mass is 10.1. The number of hydrogen-bond acceptors (Lipinski definition) is 4. The summed E-state index contributed by atoms with van der Waals surface area (Å²) >= 11 is 0. The highest BCUT2D eigenvalue weighted by molar-refractivity contribution is 7.92. The van der Waals surface area contributed by atoms with Crippen LogP contribution in [0.1, 0.15) is 0 Å². The molecule has 0 N–H and O–H groups in total. The van der Waals surface area contributed by atoms with Gasteiger partial charge in [-0.25, -0.2) is 8.42 Å². The molecule has 0 bridgehead atoms. The molecule has 4 nitrogen and oxygen atoms in total. The highest BCUT2D eigenvalue weighted by Gasteiger charge is 2.17. The average molecular weight is 249 g/mol. The molecule has 0 atom stereocenters. The zero-order valence-electron chi connectivity index (χ0n) is 8.79. The van der Waals surface area contributed by atoms with Crippen LogP contribution in [0.25, 0.3) is 10.8 Å². The molecule has 0 unspecified atom stereocenters. The number of fused-ring (bicyclic) bond motifs is 1. The summed E-state index contributed by atoms with van der Waals surface area (Å²) < 4.78 is 23.7. The molecule has 0 saturated carbocycles. The Hall–Kier alpha value is -1.88. The minimum atomic E-state index is -3.85. The number of carboxylic acid groups (broad SMARTS) is 1. The smallest absolute Gasteiger partial charge is 0.184 e. The summed E-state index contributed by atoms with van der Waals surface area (Å²) in [6, 6.07) is 11.7. The van der Waals surface area contributed by atoms with Crippen molar-refractivity contribution in [3.63, 3.8) is 0 Å². The molecule has 88 valence electrons. The Balaban J connectivity index is 2.67. The van der Waals surface area contributed by atoms with Crippen LogP contribution in [0.5, 0.6) is 0 Å². The molecule has 0 aromatic heterocycles. The Kier molecular flexibility index (Phi) is 2.85. The second-order valence-electron chi connectivity index (χ2n) is 3.61. The Labute approximate surface area is 98.4 Å². The van der Waals surface area contributed by atoms with Gasteiger partial charge in [0.05, 0.1) is 16.6 Å². The van der Waals surface area contributed by atoms with E-state index in [0.29, 0.717) is 5.39 Å². The number of sulfone groups is 1. The fourth-order valence-electron chi connectivity index (χ4n) is 1.70. The van der Waals surface area contributed by atoms with E-state index < -0.39 is 21.6 Å². The van der Waals surface area contributed by atoms with E-state index in [1.165, 1.54) is 6.07 Å². The van der Waals surface area contributed by atoms with E-state index in [1.54, 1.807) is 36.4 Å². The number of aliphatic carboxylic acids is 1. The molecular weight excluding hydrogens is 240 g/mol. The Morgan fingerprint density at radius 2 is 1.71 bits per heavy atom. The number of carbonyl (C=O) groups is 1. The topological polar surface area (TPSA) is 74.3 Å². The standard InChI is InChI=1S/C12H10O4S/c13-12(14)8-17(15,16)11-7-3-5-9-4-1-2-6-10(9)11/h1-7H,8H2,(H,13,14)/p-1. The Bertz CT molecular complexity index is 668. The lowest BCUT2D eigenvalue weighted by Crippen LogP contribution is -2.30. The van der Waals surface area contributed by atoms with Gasteiger partial charge in [0.25, 0.3) is 0 Å². The minimum Gasteiger partial charge on any atom is -0.549 e. The molecule has 2 aromatic rings. The lowest BCUT2D eigenvalue weighted by molar-refractivity contribution is -0.301. The van der Waals surface area contributed by atoms with Crippen LogP contribution in [0.2, 0.25) is 0 Å². The third-order valence-corrected chi connectivity index (χ3v) is 4.03. The molecule has 0 saturated heterocycles. The van der Waals surface area contributed by atoms with Crippen LogP contribution in [-0.2, 0) is 14.6 Å². The molecule has 2 aromatic carbocycles. The third-order valence-electron chi connectivity index (χ3n) is 2.39. The fraction of sp³-hybridized carbons (Fsp3) is 0.0833. The van der Waals surface area contributed by atoms with Crippen LogP contribution in [0.15, 0.2) is 47.4 Å². The highest BCUT2D eigenvalue weighted by atomic mass is 32.2. The Morgan fingerprint density at radius 1 is 1.06 bits per heavy atom. The molecule has 0 spiro atoms. The van der Waals surface area contributed by atoms with Crippen LogP contribution in [0.3, 0.4) is 0 Å². The van der Waals surface area contributed by atoms with Crippen LogP contribution in [0, 0.1) is 0 Å². The van der Waals surface area contributed by atoms with E-state index in [2.05, 4.69) is 0 Å². The first-order chi connectivity index (χ1) is 8.00. The quantitative estimate of drug-likeness (QED) is 0.787. The van der Waals surface area contributed by atoms with E-state index in [1.807, 2.05) is 0 Å². The predicted octanol–water partition coefficient (Wildman–Crippen LogP) is 0.363. The van der Waals surface area contributed by atoms with Gasteiger partial charge in [-0.15, -0.1) is 0 Å². The molecule has 0 fully saturated rings. The van der Waals surface area contributed by atoms with Gasteiger partial charge < -0.3 is 9.90 Å². The maximum Gasteiger partial charge on any atom is 0.184 e. The van der Waals surface area contributed by atoms with Gasteiger partial charge in [-0.3, -0.25) is 0 Å². The van der Waals surface area contributed by atoms with Crippen molar-refractivity contribution >= 4 is 26.6 Å². The third kappa shape index (κ3) is 2.29. The van der Waals surface area contributed by atoms with Gasteiger partial charge in [0, 0.05) is 5.39 Å². The summed E-state index contributed by atoms with van der Waals surface area (Å²) in [5.74, 6) is -2.60. The van der Waals surface area contributed by atoms with E-state index in [-0.39, 0.29) is 4.90 Å².